The van der Waals surface area contributed by atoms with E-state index >= 15 is 0 Å². The van der Waals surface area contributed by atoms with Crippen molar-refractivity contribution < 1.29 is 9.53 Å². The number of nitrogens with zero attached hydrogens (tertiary/aromatic N) is 3. The molecule has 6 nitrogen and oxygen atoms in total. The van der Waals surface area contributed by atoms with Gasteiger partial charge < -0.3 is 19.5 Å². The molecule has 1 fully saturated rings. The van der Waals surface area contributed by atoms with Crippen molar-refractivity contribution in [3.8, 4) is 5.69 Å². The third kappa shape index (κ3) is 4.82. The van der Waals surface area contributed by atoms with Crippen LogP contribution in [0.2, 0.25) is 0 Å². The van der Waals surface area contributed by atoms with Gasteiger partial charge in [0.15, 0.2) is 5.11 Å². The Bertz CT molecular complexity index is 1160. The minimum atomic E-state index is -0.210. The molecule has 0 amide bonds. The van der Waals surface area contributed by atoms with E-state index in [2.05, 4.69) is 67.7 Å². The van der Waals surface area contributed by atoms with E-state index in [0.29, 0.717) is 24.5 Å². The molecule has 1 aliphatic rings. The molecule has 2 atom stereocenters. The average Bonchev–Trinajstić information content (AvgIpc) is 3.29. The number of aromatic nitrogens is 2. The Kier molecular flexibility index (Phi) is 7.14. The second-order valence-electron chi connectivity index (χ2n) is 8.14. The Morgan fingerprint density at radius 3 is 2.73 bits per heavy atom. The molecule has 8 heteroatoms. The van der Waals surface area contributed by atoms with Crippen LogP contribution in [0.4, 0.5) is 0 Å². The second kappa shape index (κ2) is 10.1. The predicted octanol–water partition coefficient (Wildman–Crippen LogP) is 5.18. The summed E-state index contributed by atoms with van der Waals surface area (Å²) in [5.41, 5.74) is 5.53. The largest absolute Gasteiger partial charge is 0.469 e. The molecule has 0 aliphatic carbocycles. The number of ether oxygens (including phenoxy) is 1. The van der Waals surface area contributed by atoms with Gasteiger partial charge in [-0.05, 0) is 74.4 Å². The summed E-state index contributed by atoms with van der Waals surface area (Å²) in [6.45, 7) is 4.91. The number of hydrogen-bond acceptors (Lipinski definition) is 4. The number of carbonyl (C=O) groups excluding carboxylic acids is 1. The first-order valence-electron chi connectivity index (χ1n) is 10.9. The zero-order chi connectivity index (χ0) is 23.5. The number of hydrogen-bond donors (Lipinski definition) is 1. The monoisotopic (exact) mass is 526 g/mol. The second-order valence-corrected chi connectivity index (χ2v) is 9.44. The van der Waals surface area contributed by atoms with Crippen LogP contribution in [0, 0.1) is 13.8 Å². The normalized spacial score (nSPS) is 17.8. The first-order valence-corrected chi connectivity index (χ1v) is 12.1. The standard InChI is InChI=1S/C25H27BrN4O2S/c1-16-14-20(17(2)30(16)19-9-6-8-18(26)15-19)24-23(21-10-4-5-12-27-21)28-25(33)29(24)13-7-11-22(31)32-3/h4-6,8-10,12,14-15,23-24H,7,11,13H2,1-3H3,(H,28,33)/t23-,24-/m0/s1. The van der Waals surface area contributed by atoms with Crippen molar-refractivity contribution in [3.63, 3.8) is 0 Å². The highest BCUT2D eigenvalue weighted by Gasteiger charge is 2.41. The van der Waals surface area contributed by atoms with Gasteiger partial charge >= 0.3 is 5.97 Å². The number of methoxy groups -OCH3 is 1. The van der Waals surface area contributed by atoms with Crippen molar-refractivity contribution in [1.29, 1.82) is 0 Å². The van der Waals surface area contributed by atoms with Crippen molar-refractivity contribution in [2.75, 3.05) is 13.7 Å². The molecule has 4 rings (SSSR count). The lowest BCUT2D eigenvalue weighted by atomic mass is 9.96. The SMILES string of the molecule is COC(=O)CCCN1C(=S)N[C@@H](c2ccccn2)[C@@H]1c1cc(C)n(-c2cccc(Br)c2)c1C. The molecule has 3 heterocycles. The molecular formula is C25H27BrN4O2S. The van der Waals surface area contributed by atoms with Crippen LogP contribution in [-0.2, 0) is 9.53 Å². The topological polar surface area (TPSA) is 59.4 Å². The summed E-state index contributed by atoms with van der Waals surface area (Å²) in [6, 6.07) is 16.3. The minimum absolute atomic E-state index is 0.0443. The molecule has 2 aromatic heterocycles. The summed E-state index contributed by atoms with van der Waals surface area (Å²) >= 11 is 9.34. The molecule has 0 spiro atoms. The van der Waals surface area contributed by atoms with Gasteiger partial charge in [0.05, 0.1) is 24.9 Å². The van der Waals surface area contributed by atoms with E-state index in [-0.39, 0.29) is 18.1 Å². The first kappa shape index (κ1) is 23.4. The summed E-state index contributed by atoms with van der Waals surface area (Å²) in [5, 5.41) is 4.16. The van der Waals surface area contributed by atoms with Gasteiger partial charge in [-0.1, -0.05) is 28.1 Å². The summed E-state index contributed by atoms with van der Waals surface area (Å²) in [6.07, 6.45) is 2.82. The molecule has 0 saturated carbocycles. The van der Waals surface area contributed by atoms with Gasteiger partial charge in [-0.2, -0.15) is 0 Å². The van der Waals surface area contributed by atoms with Crippen molar-refractivity contribution in [1.82, 2.24) is 19.8 Å². The number of aryl methyl sites for hydroxylation is 1. The molecule has 1 N–H and O–H groups in total. The van der Waals surface area contributed by atoms with E-state index in [1.807, 2.05) is 36.5 Å². The molecule has 33 heavy (non-hydrogen) atoms. The van der Waals surface area contributed by atoms with Crippen LogP contribution in [0.1, 0.15) is 47.6 Å². The van der Waals surface area contributed by atoms with Crippen molar-refractivity contribution in [2.45, 2.75) is 38.8 Å². The Balaban J connectivity index is 1.75. The number of nitrogens with one attached hydrogen (secondary N) is 1. The van der Waals surface area contributed by atoms with Crippen molar-refractivity contribution in [2.24, 2.45) is 0 Å². The van der Waals surface area contributed by atoms with Gasteiger partial charge in [0, 0.05) is 40.7 Å². The number of esters is 1. The molecule has 0 bridgehead atoms. The molecule has 0 radical (unpaired) electrons. The lowest BCUT2D eigenvalue weighted by Crippen LogP contribution is -2.31. The lowest BCUT2D eigenvalue weighted by Gasteiger charge is -2.28. The van der Waals surface area contributed by atoms with E-state index in [1.165, 1.54) is 12.7 Å². The van der Waals surface area contributed by atoms with Crippen LogP contribution in [0.5, 0.6) is 0 Å². The fourth-order valence-corrected chi connectivity index (χ4v) is 5.30. The van der Waals surface area contributed by atoms with E-state index in [4.69, 9.17) is 17.0 Å². The van der Waals surface area contributed by atoms with E-state index < -0.39 is 0 Å². The van der Waals surface area contributed by atoms with Crippen LogP contribution in [0.3, 0.4) is 0 Å². The summed E-state index contributed by atoms with van der Waals surface area (Å²) in [7, 11) is 1.42. The summed E-state index contributed by atoms with van der Waals surface area (Å²) in [5.74, 6) is -0.210. The van der Waals surface area contributed by atoms with Gasteiger partial charge in [0.2, 0.25) is 0 Å². The van der Waals surface area contributed by atoms with Crippen molar-refractivity contribution in [3.05, 3.63) is 81.8 Å². The zero-order valence-corrected chi connectivity index (χ0v) is 21.3. The molecule has 3 aromatic rings. The van der Waals surface area contributed by atoms with Crippen LogP contribution >= 0.6 is 28.1 Å². The molecule has 1 aliphatic heterocycles. The molecule has 172 valence electrons. The summed E-state index contributed by atoms with van der Waals surface area (Å²) in [4.78, 5) is 18.5. The highest BCUT2D eigenvalue weighted by molar-refractivity contribution is 9.10. The zero-order valence-electron chi connectivity index (χ0n) is 18.9. The number of benzene rings is 1. The fourth-order valence-electron chi connectivity index (χ4n) is 4.58. The number of thiocarbonyl (C=S) groups is 1. The van der Waals surface area contributed by atoms with Crippen molar-refractivity contribution >= 4 is 39.2 Å². The highest BCUT2D eigenvalue weighted by Crippen LogP contribution is 2.41. The maximum atomic E-state index is 11.7. The Morgan fingerprint density at radius 1 is 1.21 bits per heavy atom. The lowest BCUT2D eigenvalue weighted by molar-refractivity contribution is -0.140. The van der Waals surface area contributed by atoms with Gasteiger partial charge in [-0.25, -0.2) is 0 Å². The highest BCUT2D eigenvalue weighted by atomic mass is 79.9. The van der Waals surface area contributed by atoms with Gasteiger partial charge in [-0.3, -0.25) is 9.78 Å². The third-order valence-electron chi connectivity index (χ3n) is 6.06. The number of halogens is 1. The summed E-state index contributed by atoms with van der Waals surface area (Å²) < 4.78 is 8.12. The van der Waals surface area contributed by atoms with E-state index in [0.717, 1.165) is 27.2 Å². The Hall–Kier alpha value is -2.71. The molecule has 1 aromatic carbocycles. The quantitative estimate of drug-likeness (QED) is 0.338. The first-order chi connectivity index (χ1) is 15.9. The van der Waals surface area contributed by atoms with Crippen LogP contribution in [-0.4, -0.2) is 39.2 Å². The minimum Gasteiger partial charge on any atom is -0.469 e. The van der Waals surface area contributed by atoms with E-state index in [9.17, 15) is 4.79 Å². The van der Waals surface area contributed by atoms with Crippen LogP contribution in [0.25, 0.3) is 5.69 Å². The van der Waals surface area contributed by atoms with Crippen LogP contribution in [0.15, 0.2) is 59.2 Å². The molecular weight excluding hydrogens is 500 g/mol. The average molecular weight is 527 g/mol. The smallest absolute Gasteiger partial charge is 0.305 e. The number of carbonyl (C=O) groups is 1. The van der Waals surface area contributed by atoms with E-state index in [1.54, 1.807) is 0 Å². The van der Waals surface area contributed by atoms with Gasteiger partial charge in [0.25, 0.3) is 0 Å². The number of pyridine rings is 1. The maximum Gasteiger partial charge on any atom is 0.305 e. The van der Waals surface area contributed by atoms with Gasteiger partial charge in [-0.15, -0.1) is 0 Å². The third-order valence-corrected chi connectivity index (χ3v) is 6.91. The predicted molar refractivity (Wildman–Crippen MR) is 136 cm³/mol. The Labute approximate surface area is 208 Å². The maximum absolute atomic E-state index is 11.7. The molecule has 1 saturated heterocycles. The molecule has 0 unspecified atom stereocenters. The number of rotatable bonds is 7. The fraction of sp³-hybridized carbons (Fsp3) is 0.320. The van der Waals surface area contributed by atoms with Crippen LogP contribution < -0.4 is 5.32 Å². The van der Waals surface area contributed by atoms with Gasteiger partial charge in [0.1, 0.15) is 0 Å². The Morgan fingerprint density at radius 2 is 2.03 bits per heavy atom.